The molecule has 1 aromatic rings. The van der Waals surface area contributed by atoms with E-state index in [-0.39, 0.29) is 12.0 Å². The zero-order valence-corrected chi connectivity index (χ0v) is 10.3. The number of carboxylic acids is 1. The number of aromatic nitrogens is 1. The molecule has 0 radical (unpaired) electrons. The highest BCUT2D eigenvalue weighted by atomic mass is 35.5. The Morgan fingerprint density at radius 3 is 3.00 bits per heavy atom. The minimum Gasteiger partial charge on any atom is -0.481 e. The van der Waals surface area contributed by atoms with Crippen LogP contribution in [0.4, 0.5) is 5.82 Å². The van der Waals surface area contributed by atoms with Gasteiger partial charge in [0.2, 0.25) is 0 Å². The second-order valence-electron chi connectivity index (χ2n) is 4.32. The van der Waals surface area contributed by atoms with E-state index in [9.17, 15) is 4.79 Å². The van der Waals surface area contributed by atoms with E-state index in [1.165, 1.54) is 6.20 Å². The summed E-state index contributed by atoms with van der Waals surface area (Å²) in [5, 5.41) is 21.2. The molecule has 0 aliphatic heterocycles. The Morgan fingerprint density at radius 1 is 1.61 bits per heavy atom. The van der Waals surface area contributed by atoms with Crippen molar-refractivity contribution in [3.05, 3.63) is 22.8 Å². The van der Waals surface area contributed by atoms with Gasteiger partial charge in [-0.3, -0.25) is 4.79 Å². The molecule has 2 N–H and O–H groups in total. The van der Waals surface area contributed by atoms with E-state index >= 15 is 0 Å². The van der Waals surface area contributed by atoms with Crippen molar-refractivity contribution in [2.75, 3.05) is 5.32 Å². The molecule has 0 bridgehead atoms. The summed E-state index contributed by atoms with van der Waals surface area (Å²) in [7, 11) is 0. The molecular formula is C12H12ClN3O2. The van der Waals surface area contributed by atoms with Crippen LogP contribution in [0, 0.1) is 17.2 Å². The first kappa shape index (κ1) is 12.7. The van der Waals surface area contributed by atoms with E-state index < -0.39 is 5.97 Å². The molecule has 18 heavy (non-hydrogen) atoms. The maximum absolute atomic E-state index is 10.9. The number of carbonyl (C=O) groups is 1. The van der Waals surface area contributed by atoms with Crippen LogP contribution in [-0.2, 0) is 4.79 Å². The summed E-state index contributed by atoms with van der Waals surface area (Å²) in [6, 6.07) is 3.57. The molecular weight excluding hydrogens is 254 g/mol. The molecule has 0 spiro atoms. The maximum Gasteiger partial charge on any atom is 0.306 e. The highest BCUT2D eigenvalue weighted by Gasteiger charge is 2.30. The number of anilines is 1. The molecule has 1 aliphatic rings. The van der Waals surface area contributed by atoms with Crippen LogP contribution in [0.3, 0.4) is 0 Å². The van der Waals surface area contributed by atoms with Gasteiger partial charge in [0, 0.05) is 12.2 Å². The smallest absolute Gasteiger partial charge is 0.306 e. The molecule has 1 aromatic heterocycles. The Bertz CT molecular complexity index is 513. The fourth-order valence-electron chi connectivity index (χ4n) is 2.16. The molecule has 6 heteroatoms. The summed E-state index contributed by atoms with van der Waals surface area (Å²) in [5.74, 6) is -0.615. The average molecular weight is 266 g/mol. The number of nitrogens with one attached hydrogen (secondary N) is 1. The number of halogens is 1. The monoisotopic (exact) mass is 265 g/mol. The number of aliphatic carboxylic acids is 1. The van der Waals surface area contributed by atoms with Crippen molar-refractivity contribution in [1.29, 1.82) is 5.26 Å². The minimum atomic E-state index is -0.760. The summed E-state index contributed by atoms with van der Waals surface area (Å²) in [5.41, 5.74) is 0.363. The standard InChI is InChI=1S/C12H12ClN3O2/c13-10-8(6-14)3-4-15-11(10)16-9-2-1-7(5-9)12(17)18/h3-4,7,9H,1-2,5H2,(H,15,16)(H,17,18)/t7-,9+/m1/s1. The van der Waals surface area contributed by atoms with E-state index in [0.717, 1.165) is 6.42 Å². The van der Waals surface area contributed by atoms with Crippen LogP contribution >= 0.6 is 11.6 Å². The van der Waals surface area contributed by atoms with E-state index in [2.05, 4.69) is 10.3 Å². The van der Waals surface area contributed by atoms with E-state index in [4.69, 9.17) is 22.0 Å². The van der Waals surface area contributed by atoms with Crippen molar-refractivity contribution >= 4 is 23.4 Å². The summed E-state index contributed by atoms with van der Waals surface area (Å²) in [4.78, 5) is 14.9. The van der Waals surface area contributed by atoms with E-state index in [0.29, 0.717) is 29.2 Å². The molecule has 5 nitrogen and oxygen atoms in total. The molecule has 0 amide bonds. The fraction of sp³-hybridized carbons (Fsp3) is 0.417. The molecule has 1 saturated carbocycles. The third-order valence-corrected chi connectivity index (χ3v) is 3.51. The lowest BCUT2D eigenvalue weighted by Crippen LogP contribution is -2.18. The Balaban J connectivity index is 2.08. The third kappa shape index (κ3) is 2.54. The van der Waals surface area contributed by atoms with Gasteiger partial charge in [-0.05, 0) is 25.3 Å². The van der Waals surface area contributed by atoms with Crippen molar-refractivity contribution in [2.45, 2.75) is 25.3 Å². The minimum absolute atomic E-state index is 0.0463. The number of hydrogen-bond donors (Lipinski definition) is 2. The number of nitrogens with zero attached hydrogens (tertiary/aromatic N) is 2. The average Bonchev–Trinajstić information content (AvgIpc) is 2.80. The van der Waals surface area contributed by atoms with E-state index in [1.54, 1.807) is 6.07 Å². The number of pyridine rings is 1. The lowest BCUT2D eigenvalue weighted by molar-refractivity contribution is -0.141. The van der Waals surface area contributed by atoms with Gasteiger partial charge in [-0.15, -0.1) is 0 Å². The number of nitriles is 1. The SMILES string of the molecule is N#Cc1ccnc(N[C@H]2CC[C@@H](C(=O)O)C2)c1Cl. The Kier molecular flexibility index (Phi) is 3.68. The molecule has 0 unspecified atom stereocenters. The van der Waals surface area contributed by atoms with Gasteiger partial charge < -0.3 is 10.4 Å². The van der Waals surface area contributed by atoms with Crippen molar-refractivity contribution in [2.24, 2.45) is 5.92 Å². The van der Waals surface area contributed by atoms with Crippen molar-refractivity contribution in [3.8, 4) is 6.07 Å². The summed E-state index contributed by atoms with van der Waals surface area (Å²) in [6.07, 6.45) is 3.49. The molecule has 1 fully saturated rings. The predicted octanol–water partition coefficient (Wildman–Crippen LogP) is 2.27. The molecule has 1 heterocycles. The maximum atomic E-state index is 10.9. The second kappa shape index (κ2) is 5.23. The zero-order chi connectivity index (χ0) is 13.1. The Labute approximate surface area is 109 Å². The molecule has 1 aliphatic carbocycles. The Morgan fingerprint density at radius 2 is 2.39 bits per heavy atom. The highest BCUT2D eigenvalue weighted by molar-refractivity contribution is 6.34. The van der Waals surface area contributed by atoms with Crippen molar-refractivity contribution < 1.29 is 9.90 Å². The molecule has 0 saturated heterocycles. The Hall–Kier alpha value is -1.80. The van der Waals surface area contributed by atoms with Gasteiger partial charge in [-0.25, -0.2) is 4.98 Å². The van der Waals surface area contributed by atoms with Gasteiger partial charge >= 0.3 is 5.97 Å². The topological polar surface area (TPSA) is 86.0 Å². The molecule has 2 rings (SSSR count). The largest absolute Gasteiger partial charge is 0.481 e. The lowest BCUT2D eigenvalue weighted by atomic mass is 10.1. The van der Waals surface area contributed by atoms with Crippen LogP contribution in [-0.4, -0.2) is 22.1 Å². The first-order chi connectivity index (χ1) is 8.61. The van der Waals surface area contributed by atoms with Crippen LogP contribution in [0.25, 0.3) is 0 Å². The second-order valence-corrected chi connectivity index (χ2v) is 4.70. The van der Waals surface area contributed by atoms with Crippen LogP contribution in [0.1, 0.15) is 24.8 Å². The van der Waals surface area contributed by atoms with Crippen LogP contribution in [0.5, 0.6) is 0 Å². The van der Waals surface area contributed by atoms with Gasteiger partial charge in [0.15, 0.2) is 0 Å². The normalized spacial score (nSPS) is 22.4. The highest BCUT2D eigenvalue weighted by Crippen LogP contribution is 2.30. The molecule has 0 aromatic carbocycles. The summed E-state index contributed by atoms with van der Waals surface area (Å²) in [6.45, 7) is 0. The lowest BCUT2D eigenvalue weighted by Gasteiger charge is -2.14. The van der Waals surface area contributed by atoms with Crippen LogP contribution < -0.4 is 5.32 Å². The van der Waals surface area contributed by atoms with Gasteiger partial charge in [0.05, 0.1) is 11.5 Å². The quantitative estimate of drug-likeness (QED) is 0.876. The van der Waals surface area contributed by atoms with Crippen LogP contribution in [0.15, 0.2) is 12.3 Å². The fourth-order valence-corrected chi connectivity index (χ4v) is 2.37. The summed E-state index contributed by atoms with van der Waals surface area (Å²) < 4.78 is 0. The van der Waals surface area contributed by atoms with E-state index in [1.807, 2.05) is 6.07 Å². The molecule has 94 valence electrons. The zero-order valence-electron chi connectivity index (χ0n) is 9.56. The first-order valence-electron chi connectivity index (χ1n) is 5.65. The predicted molar refractivity (Wildman–Crippen MR) is 66.3 cm³/mol. The third-order valence-electron chi connectivity index (χ3n) is 3.13. The molecule has 2 atom stereocenters. The van der Waals surface area contributed by atoms with Gasteiger partial charge in [-0.2, -0.15) is 5.26 Å². The van der Waals surface area contributed by atoms with Crippen molar-refractivity contribution in [1.82, 2.24) is 4.98 Å². The van der Waals surface area contributed by atoms with Gasteiger partial charge in [0.25, 0.3) is 0 Å². The number of carboxylic acid groups (broad SMARTS) is 1. The van der Waals surface area contributed by atoms with Gasteiger partial charge in [0.1, 0.15) is 16.9 Å². The van der Waals surface area contributed by atoms with Crippen LogP contribution in [0.2, 0.25) is 5.02 Å². The number of hydrogen-bond acceptors (Lipinski definition) is 4. The number of rotatable bonds is 3. The first-order valence-corrected chi connectivity index (χ1v) is 6.03. The van der Waals surface area contributed by atoms with Crippen molar-refractivity contribution in [3.63, 3.8) is 0 Å². The summed E-state index contributed by atoms with van der Waals surface area (Å²) >= 11 is 6.02. The van der Waals surface area contributed by atoms with Gasteiger partial charge in [-0.1, -0.05) is 11.6 Å².